The van der Waals surface area contributed by atoms with Crippen molar-refractivity contribution >= 4 is 19.7 Å². The highest BCUT2D eigenvalue weighted by Gasteiger charge is 2.16. The van der Waals surface area contributed by atoms with E-state index in [1.54, 1.807) is 0 Å². The first kappa shape index (κ1) is 12.5. The average Bonchev–Trinajstić information content (AvgIpc) is 2.16. The fraction of sp³-hybridized carbons (Fsp3) is 0.400. The molecule has 0 aromatic heterocycles. The van der Waals surface area contributed by atoms with Gasteiger partial charge in [0.05, 0.1) is 11.9 Å². The van der Waals surface area contributed by atoms with E-state index in [1.165, 1.54) is 7.11 Å². The molecule has 84 valence electrons. The average molecular weight is 249 g/mol. The molecule has 1 rings (SSSR count). The van der Waals surface area contributed by atoms with Crippen LogP contribution in [0.2, 0.25) is 0 Å². The first-order chi connectivity index (χ1) is 7.01. The maximum atomic E-state index is 10.9. The molecule has 1 aromatic carbocycles. The molecule has 0 N–H and O–H groups in total. The smallest absolute Gasteiger partial charge is 0.235 e. The Kier molecular flexibility index (Phi) is 4.57. The Balaban J connectivity index is 2.63. The maximum Gasteiger partial charge on any atom is 0.235 e. The second-order valence-corrected chi connectivity index (χ2v) is 6.07. The van der Waals surface area contributed by atoms with Crippen molar-refractivity contribution in [3.05, 3.63) is 35.9 Å². The lowest BCUT2D eigenvalue weighted by Gasteiger charge is -2.13. The highest BCUT2D eigenvalue weighted by atomic mass is 35.7. The van der Waals surface area contributed by atoms with E-state index in [2.05, 4.69) is 0 Å². The van der Waals surface area contributed by atoms with Crippen molar-refractivity contribution in [2.45, 2.75) is 12.5 Å². The van der Waals surface area contributed by atoms with Crippen LogP contribution in [0, 0.1) is 0 Å². The largest absolute Gasteiger partial charge is 0.380 e. The van der Waals surface area contributed by atoms with Gasteiger partial charge in [-0.1, -0.05) is 30.3 Å². The van der Waals surface area contributed by atoms with Crippen LogP contribution in [0.15, 0.2) is 30.3 Å². The predicted octanol–water partition coefficient (Wildman–Crippen LogP) is 1.81. The van der Waals surface area contributed by atoms with Crippen LogP contribution in [0.5, 0.6) is 0 Å². The lowest BCUT2D eigenvalue weighted by atomic mass is 10.1. The monoisotopic (exact) mass is 248 g/mol. The van der Waals surface area contributed by atoms with Gasteiger partial charge in [0.25, 0.3) is 0 Å². The Labute approximate surface area is 94.4 Å². The van der Waals surface area contributed by atoms with Crippen LogP contribution in [-0.2, 0) is 20.2 Å². The van der Waals surface area contributed by atoms with Crippen molar-refractivity contribution in [1.82, 2.24) is 0 Å². The predicted molar refractivity (Wildman–Crippen MR) is 60.6 cm³/mol. The molecule has 1 aromatic rings. The topological polar surface area (TPSA) is 43.4 Å². The third-order valence-corrected chi connectivity index (χ3v) is 3.17. The van der Waals surface area contributed by atoms with E-state index >= 15 is 0 Å². The second-order valence-electron chi connectivity index (χ2n) is 3.25. The third-order valence-electron chi connectivity index (χ3n) is 2.02. The number of rotatable bonds is 5. The number of methoxy groups -OCH3 is 1. The normalized spacial score (nSPS) is 13.7. The molecule has 0 aliphatic carbocycles. The standard InChI is InChI=1S/C10H13ClO3S/c1-14-10(8-15(11,12)13)7-9-5-3-2-4-6-9/h2-6,10H,7-8H2,1H3/t10-/m1/s1. The van der Waals surface area contributed by atoms with Crippen LogP contribution in [-0.4, -0.2) is 27.4 Å². The van der Waals surface area contributed by atoms with Gasteiger partial charge < -0.3 is 4.74 Å². The zero-order valence-corrected chi connectivity index (χ0v) is 9.96. The third kappa shape index (κ3) is 5.16. The van der Waals surface area contributed by atoms with Crippen LogP contribution < -0.4 is 0 Å². The number of hydrogen-bond donors (Lipinski definition) is 0. The molecule has 0 spiro atoms. The maximum absolute atomic E-state index is 10.9. The van der Waals surface area contributed by atoms with E-state index in [0.29, 0.717) is 6.42 Å². The Morgan fingerprint density at radius 2 is 1.93 bits per heavy atom. The fourth-order valence-corrected chi connectivity index (χ4v) is 2.43. The van der Waals surface area contributed by atoms with Gasteiger partial charge in [-0.15, -0.1) is 0 Å². The van der Waals surface area contributed by atoms with Gasteiger partial charge in [-0.25, -0.2) is 8.42 Å². The zero-order chi connectivity index (χ0) is 11.3. The molecule has 0 unspecified atom stereocenters. The van der Waals surface area contributed by atoms with Crippen molar-refractivity contribution in [3.63, 3.8) is 0 Å². The molecule has 15 heavy (non-hydrogen) atoms. The van der Waals surface area contributed by atoms with Gasteiger partial charge >= 0.3 is 0 Å². The van der Waals surface area contributed by atoms with Gasteiger partial charge in [0.1, 0.15) is 0 Å². The number of halogens is 1. The molecule has 0 bridgehead atoms. The lowest BCUT2D eigenvalue weighted by molar-refractivity contribution is 0.121. The number of benzene rings is 1. The summed E-state index contributed by atoms with van der Waals surface area (Å²) in [5, 5.41) is 0. The van der Waals surface area contributed by atoms with Gasteiger partial charge in [0, 0.05) is 17.8 Å². The Morgan fingerprint density at radius 1 is 1.33 bits per heavy atom. The van der Waals surface area contributed by atoms with E-state index < -0.39 is 15.2 Å². The Bertz CT molecular complexity index is 388. The van der Waals surface area contributed by atoms with E-state index in [-0.39, 0.29) is 5.75 Å². The highest BCUT2D eigenvalue weighted by molar-refractivity contribution is 8.13. The molecule has 5 heteroatoms. The minimum atomic E-state index is -3.51. The van der Waals surface area contributed by atoms with E-state index in [0.717, 1.165) is 5.56 Å². The quantitative estimate of drug-likeness (QED) is 0.747. The zero-order valence-electron chi connectivity index (χ0n) is 8.39. The number of ether oxygens (including phenoxy) is 1. The van der Waals surface area contributed by atoms with Crippen molar-refractivity contribution in [3.8, 4) is 0 Å². The minimum Gasteiger partial charge on any atom is -0.380 e. The molecule has 0 saturated carbocycles. The molecule has 0 aliphatic heterocycles. The second kappa shape index (κ2) is 5.49. The lowest BCUT2D eigenvalue weighted by Crippen LogP contribution is -2.22. The first-order valence-corrected chi connectivity index (χ1v) is 6.98. The fourth-order valence-electron chi connectivity index (χ4n) is 1.31. The van der Waals surface area contributed by atoms with Gasteiger partial charge in [-0.3, -0.25) is 0 Å². The van der Waals surface area contributed by atoms with Crippen molar-refractivity contribution in [2.75, 3.05) is 12.9 Å². The van der Waals surface area contributed by atoms with Crippen LogP contribution in [0.1, 0.15) is 5.56 Å². The Hall–Kier alpha value is -0.580. The molecule has 0 amide bonds. The molecule has 0 radical (unpaired) electrons. The summed E-state index contributed by atoms with van der Waals surface area (Å²) in [7, 11) is 3.14. The summed E-state index contributed by atoms with van der Waals surface area (Å²) in [6.07, 6.45) is 0.151. The van der Waals surface area contributed by atoms with Crippen molar-refractivity contribution in [1.29, 1.82) is 0 Å². The molecule has 0 saturated heterocycles. The minimum absolute atomic E-state index is 0.167. The summed E-state index contributed by atoms with van der Waals surface area (Å²) < 4.78 is 26.8. The van der Waals surface area contributed by atoms with E-state index in [4.69, 9.17) is 15.4 Å². The van der Waals surface area contributed by atoms with Gasteiger partial charge in [-0.05, 0) is 12.0 Å². The van der Waals surface area contributed by atoms with Crippen molar-refractivity contribution < 1.29 is 13.2 Å². The summed E-state index contributed by atoms with van der Waals surface area (Å²) in [4.78, 5) is 0. The molecular formula is C10H13ClO3S. The first-order valence-electron chi connectivity index (χ1n) is 4.50. The van der Waals surface area contributed by atoms with E-state index in [1.807, 2.05) is 30.3 Å². The molecule has 1 atom stereocenters. The summed E-state index contributed by atoms with van der Waals surface area (Å²) in [6, 6.07) is 9.55. The SMILES string of the molecule is CO[C@H](Cc1ccccc1)CS(=O)(=O)Cl. The van der Waals surface area contributed by atoms with Crippen molar-refractivity contribution in [2.24, 2.45) is 0 Å². The highest BCUT2D eigenvalue weighted by Crippen LogP contribution is 2.09. The summed E-state index contributed by atoms with van der Waals surface area (Å²) in [5.74, 6) is -0.167. The summed E-state index contributed by atoms with van der Waals surface area (Å²) >= 11 is 0. The summed E-state index contributed by atoms with van der Waals surface area (Å²) in [6.45, 7) is 0. The van der Waals surface area contributed by atoms with Crippen LogP contribution in [0.4, 0.5) is 0 Å². The molecule has 3 nitrogen and oxygen atoms in total. The Morgan fingerprint density at radius 3 is 2.40 bits per heavy atom. The molecule has 0 aliphatic rings. The molecule has 0 fully saturated rings. The van der Waals surface area contributed by atoms with Crippen LogP contribution in [0.25, 0.3) is 0 Å². The summed E-state index contributed by atoms with van der Waals surface area (Å²) in [5.41, 5.74) is 1.03. The van der Waals surface area contributed by atoms with Gasteiger partial charge in [0.15, 0.2) is 0 Å². The molecule has 0 heterocycles. The van der Waals surface area contributed by atoms with Gasteiger partial charge in [-0.2, -0.15) is 0 Å². The van der Waals surface area contributed by atoms with Crippen LogP contribution in [0.3, 0.4) is 0 Å². The van der Waals surface area contributed by atoms with E-state index in [9.17, 15) is 8.42 Å². The number of hydrogen-bond acceptors (Lipinski definition) is 3. The molecular weight excluding hydrogens is 236 g/mol. The van der Waals surface area contributed by atoms with Gasteiger partial charge in [0.2, 0.25) is 9.05 Å². The van der Waals surface area contributed by atoms with Crippen LogP contribution >= 0.6 is 10.7 Å².